The minimum absolute atomic E-state index is 0.0529. The Labute approximate surface area is 137 Å². The Morgan fingerprint density at radius 3 is 2.70 bits per heavy atom. The van der Waals surface area contributed by atoms with Crippen LogP contribution in [0.1, 0.15) is 37.7 Å². The fourth-order valence-electron chi connectivity index (χ4n) is 3.03. The zero-order valence-corrected chi connectivity index (χ0v) is 13.8. The lowest BCUT2D eigenvalue weighted by atomic mass is 10.2. The van der Waals surface area contributed by atoms with E-state index in [4.69, 9.17) is 4.74 Å². The van der Waals surface area contributed by atoms with Gasteiger partial charge in [-0.05, 0) is 55.9 Å². The lowest BCUT2D eigenvalue weighted by molar-refractivity contribution is -0.121. The largest absolute Gasteiger partial charge is 0.490 e. The van der Waals surface area contributed by atoms with Crippen LogP contribution in [0.2, 0.25) is 0 Å². The number of nitrogens with zero attached hydrogens (tertiary/aromatic N) is 1. The molecule has 0 spiro atoms. The van der Waals surface area contributed by atoms with Crippen molar-refractivity contribution in [1.82, 2.24) is 4.31 Å². The molecular formula is C17H21NO4S. The molecule has 0 bridgehead atoms. The summed E-state index contributed by atoms with van der Waals surface area (Å²) in [7, 11) is -3.41. The standard InChI is InChI=1S/C17H21NO4S/c19-17(18-11-4-12-23(18,20)21)10-9-14-5-3-8-16(13-14)22-15-6-1-2-7-15/h3,5,8-10,13,15H,1-2,4,6-7,11-12H2. The van der Waals surface area contributed by atoms with E-state index in [9.17, 15) is 13.2 Å². The van der Waals surface area contributed by atoms with Gasteiger partial charge in [-0.3, -0.25) is 4.79 Å². The average molecular weight is 335 g/mol. The van der Waals surface area contributed by atoms with Gasteiger partial charge in [0.15, 0.2) is 0 Å². The highest BCUT2D eigenvalue weighted by Gasteiger charge is 2.31. The number of ether oxygens (including phenoxy) is 1. The minimum atomic E-state index is -3.41. The van der Waals surface area contributed by atoms with Crippen LogP contribution in [0.3, 0.4) is 0 Å². The molecule has 1 saturated carbocycles. The van der Waals surface area contributed by atoms with E-state index < -0.39 is 15.9 Å². The SMILES string of the molecule is O=C(C=Cc1cccc(OC2CCCC2)c1)N1CCCS1(=O)=O. The predicted octanol–water partition coefficient (Wildman–Crippen LogP) is 2.58. The molecule has 124 valence electrons. The van der Waals surface area contributed by atoms with Crippen LogP contribution in [0.5, 0.6) is 5.75 Å². The van der Waals surface area contributed by atoms with E-state index in [1.54, 1.807) is 6.08 Å². The maximum Gasteiger partial charge on any atom is 0.260 e. The van der Waals surface area contributed by atoms with E-state index in [1.807, 2.05) is 24.3 Å². The monoisotopic (exact) mass is 335 g/mol. The maximum atomic E-state index is 12.0. The molecule has 3 rings (SSSR count). The van der Waals surface area contributed by atoms with Crippen molar-refractivity contribution in [2.45, 2.75) is 38.2 Å². The Bertz CT molecular complexity index is 705. The Hall–Kier alpha value is -1.82. The molecule has 0 N–H and O–H groups in total. The molecule has 1 amide bonds. The van der Waals surface area contributed by atoms with Crippen molar-refractivity contribution >= 4 is 22.0 Å². The highest BCUT2D eigenvalue weighted by Crippen LogP contribution is 2.25. The molecule has 6 heteroatoms. The highest BCUT2D eigenvalue weighted by molar-refractivity contribution is 7.89. The third-order valence-corrected chi connectivity index (χ3v) is 6.07. The number of amides is 1. The van der Waals surface area contributed by atoms with Crippen LogP contribution in [-0.4, -0.2) is 37.0 Å². The molecule has 0 unspecified atom stereocenters. The first-order chi connectivity index (χ1) is 11.0. The number of hydrogen-bond donors (Lipinski definition) is 0. The number of carbonyl (C=O) groups is 1. The van der Waals surface area contributed by atoms with Gasteiger partial charge < -0.3 is 4.74 Å². The molecule has 1 aromatic rings. The van der Waals surface area contributed by atoms with Crippen molar-refractivity contribution in [3.63, 3.8) is 0 Å². The van der Waals surface area contributed by atoms with Crippen molar-refractivity contribution in [1.29, 1.82) is 0 Å². The van der Waals surface area contributed by atoms with E-state index in [-0.39, 0.29) is 18.4 Å². The second-order valence-electron chi connectivity index (χ2n) is 6.01. The van der Waals surface area contributed by atoms with Gasteiger partial charge in [-0.15, -0.1) is 0 Å². The van der Waals surface area contributed by atoms with Gasteiger partial charge >= 0.3 is 0 Å². The number of sulfonamides is 1. The lowest BCUT2D eigenvalue weighted by Crippen LogP contribution is -2.30. The molecule has 0 atom stereocenters. The van der Waals surface area contributed by atoms with Crippen molar-refractivity contribution in [3.05, 3.63) is 35.9 Å². The average Bonchev–Trinajstić information content (AvgIpc) is 3.14. The van der Waals surface area contributed by atoms with Crippen LogP contribution in [0.4, 0.5) is 0 Å². The molecule has 5 nitrogen and oxygen atoms in total. The normalized spacial score (nSPS) is 21.1. The summed E-state index contributed by atoms with van der Waals surface area (Å²) in [5.74, 6) is 0.363. The Kier molecular flexibility index (Phi) is 4.71. The molecule has 1 saturated heterocycles. The second-order valence-corrected chi connectivity index (χ2v) is 8.02. The van der Waals surface area contributed by atoms with Gasteiger partial charge in [0, 0.05) is 12.6 Å². The van der Waals surface area contributed by atoms with E-state index >= 15 is 0 Å². The zero-order chi connectivity index (χ0) is 16.3. The van der Waals surface area contributed by atoms with Crippen LogP contribution >= 0.6 is 0 Å². The van der Waals surface area contributed by atoms with Gasteiger partial charge in [-0.2, -0.15) is 0 Å². The van der Waals surface area contributed by atoms with Crippen LogP contribution in [0.25, 0.3) is 6.08 Å². The lowest BCUT2D eigenvalue weighted by Gasteiger charge is -2.13. The molecule has 0 aromatic heterocycles. The Morgan fingerprint density at radius 1 is 1.22 bits per heavy atom. The third kappa shape index (κ3) is 3.93. The summed E-state index contributed by atoms with van der Waals surface area (Å²) in [6.45, 7) is 0.274. The van der Waals surface area contributed by atoms with Crippen LogP contribution in [0, 0.1) is 0 Å². The van der Waals surface area contributed by atoms with Gasteiger partial charge in [0.25, 0.3) is 5.91 Å². The van der Waals surface area contributed by atoms with Gasteiger partial charge in [0.05, 0.1) is 11.9 Å². The molecule has 1 aliphatic carbocycles. The molecular weight excluding hydrogens is 314 g/mol. The van der Waals surface area contributed by atoms with E-state index in [1.165, 1.54) is 18.9 Å². The van der Waals surface area contributed by atoms with E-state index in [0.717, 1.165) is 28.5 Å². The van der Waals surface area contributed by atoms with Gasteiger partial charge in [0.2, 0.25) is 10.0 Å². The van der Waals surface area contributed by atoms with Gasteiger partial charge in [-0.1, -0.05) is 12.1 Å². The molecule has 1 aromatic carbocycles. The number of hydrogen-bond acceptors (Lipinski definition) is 4. The summed E-state index contributed by atoms with van der Waals surface area (Å²) in [6, 6.07) is 7.52. The van der Waals surface area contributed by atoms with E-state index in [2.05, 4.69) is 0 Å². The fraction of sp³-hybridized carbons (Fsp3) is 0.471. The fourth-order valence-corrected chi connectivity index (χ4v) is 4.48. The van der Waals surface area contributed by atoms with Crippen LogP contribution in [0.15, 0.2) is 30.3 Å². The summed E-state index contributed by atoms with van der Waals surface area (Å²) >= 11 is 0. The second kappa shape index (κ2) is 6.74. The quantitative estimate of drug-likeness (QED) is 0.794. The first kappa shape index (κ1) is 16.1. The topological polar surface area (TPSA) is 63.7 Å². The Balaban J connectivity index is 1.66. The van der Waals surface area contributed by atoms with Crippen LogP contribution < -0.4 is 4.74 Å². The summed E-state index contributed by atoms with van der Waals surface area (Å²) in [4.78, 5) is 12.0. The summed E-state index contributed by atoms with van der Waals surface area (Å²) in [6.07, 6.45) is 8.34. The smallest absolute Gasteiger partial charge is 0.260 e. The van der Waals surface area contributed by atoms with Crippen molar-refractivity contribution in [3.8, 4) is 5.75 Å². The molecule has 1 heterocycles. The first-order valence-corrected chi connectivity index (χ1v) is 9.65. The van der Waals surface area contributed by atoms with E-state index in [0.29, 0.717) is 6.42 Å². The first-order valence-electron chi connectivity index (χ1n) is 8.04. The molecule has 0 radical (unpaired) electrons. The maximum absolute atomic E-state index is 12.0. The van der Waals surface area contributed by atoms with Crippen molar-refractivity contribution in [2.24, 2.45) is 0 Å². The summed E-state index contributed by atoms with van der Waals surface area (Å²) in [5.41, 5.74) is 0.824. The van der Waals surface area contributed by atoms with Crippen molar-refractivity contribution in [2.75, 3.05) is 12.3 Å². The summed E-state index contributed by atoms with van der Waals surface area (Å²) in [5, 5.41) is 0. The molecule has 2 fully saturated rings. The highest BCUT2D eigenvalue weighted by atomic mass is 32.2. The number of rotatable bonds is 4. The van der Waals surface area contributed by atoms with Crippen LogP contribution in [-0.2, 0) is 14.8 Å². The Morgan fingerprint density at radius 2 is 2.00 bits per heavy atom. The zero-order valence-electron chi connectivity index (χ0n) is 13.0. The number of carbonyl (C=O) groups excluding carboxylic acids is 1. The minimum Gasteiger partial charge on any atom is -0.490 e. The van der Waals surface area contributed by atoms with Gasteiger partial charge in [0.1, 0.15) is 5.75 Å². The number of benzene rings is 1. The van der Waals surface area contributed by atoms with Gasteiger partial charge in [-0.25, -0.2) is 12.7 Å². The van der Waals surface area contributed by atoms with Crippen molar-refractivity contribution < 1.29 is 17.9 Å². The third-order valence-electron chi connectivity index (χ3n) is 4.23. The predicted molar refractivity (Wildman–Crippen MR) is 88.5 cm³/mol. The molecule has 1 aliphatic heterocycles. The molecule has 2 aliphatic rings. The molecule has 23 heavy (non-hydrogen) atoms. The summed E-state index contributed by atoms with van der Waals surface area (Å²) < 4.78 is 30.3.